The monoisotopic (exact) mass is 258 g/mol. The summed E-state index contributed by atoms with van der Waals surface area (Å²) < 4.78 is 0. The highest BCUT2D eigenvalue weighted by Crippen LogP contribution is 2.26. The molecule has 0 radical (unpaired) electrons. The average Bonchev–Trinajstić information content (AvgIpc) is 2.38. The summed E-state index contributed by atoms with van der Waals surface area (Å²) in [4.78, 5) is 6.57. The van der Waals surface area contributed by atoms with E-state index in [4.69, 9.17) is 11.6 Å². The van der Waals surface area contributed by atoms with Gasteiger partial charge in [-0.05, 0) is 29.8 Å². The Hall–Kier alpha value is -1.80. The summed E-state index contributed by atoms with van der Waals surface area (Å²) in [5.74, 6) is 0. The molecule has 0 N–H and O–H groups in total. The second-order valence-electron chi connectivity index (χ2n) is 4.19. The van der Waals surface area contributed by atoms with Crippen molar-refractivity contribution < 1.29 is 0 Å². The molecule has 2 aromatic carbocycles. The molecule has 0 saturated heterocycles. The van der Waals surface area contributed by atoms with Gasteiger partial charge in [-0.15, -0.1) is 0 Å². The Bertz CT molecular complexity index is 545. The van der Waals surface area contributed by atoms with E-state index >= 15 is 0 Å². The molecule has 2 nitrogen and oxygen atoms in total. The molecule has 0 unspecified atom stereocenters. The van der Waals surface area contributed by atoms with Gasteiger partial charge in [-0.3, -0.25) is 4.99 Å². The molecule has 3 heteroatoms. The normalized spacial score (nSPS) is 10.8. The fourth-order valence-electron chi connectivity index (χ4n) is 1.64. The van der Waals surface area contributed by atoms with Crippen molar-refractivity contribution in [2.24, 2.45) is 4.99 Å². The van der Waals surface area contributed by atoms with Crippen molar-refractivity contribution in [2.45, 2.75) is 0 Å². The molecule has 18 heavy (non-hydrogen) atoms. The Morgan fingerprint density at radius 1 is 1.00 bits per heavy atom. The van der Waals surface area contributed by atoms with Crippen molar-refractivity contribution >= 4 is 29.2 Å². The third-order valence-corrected chi connectivity index (χ3v) is 2.84. The smallest absolute Gasteiger partial charge is 0.0863 e. The molecule has 0 bridgehead atoms. The third kappa shape index (κ3) is 3.11. The fraction of sp³-hybridized carbons (Fsp3) is 0.133. The van der Waals surface area contributed by atoms with Crippen LogP contribution in [0.15, 0.2) is 53.5 Å². The lowest BCUT2D eigenvalue weighted by Gasteiger charge is -2.14. The highest BCUT2D eigenvalue weighted by molar-refractivity contribution is 6.30. The first-order valence-corrected chi connectivity index (χ1v) is 6.10. The van der Waals surface area contributed by atoms with E-state index in [2.05, 4.69) is 16.0 Å². The van der Waals surface area contributed by atoms with E-state index in [1.54, 1.807) is 0 Å². The van der Waals surface area contributed by atoms with Crippen LogP contribution in [0.2, 0.25) is 5.02 Å². The SMILES string of the molecule is CN(C)c1ccccc1/N=C/c1ccc(Cl)cc1. The number of hydrogen-bond acceptors (Lipinski definition) is 2. The Morgan fingerprint density at radius 3 is 2.33 bits per heavy atom. The first-order valence-electron chi connectivity index (χ1n) is 5.73. The van der Waals surface area contributed by atoms with E-state index in [0.717, 1.165) is 22.0 Å². The molecule has 0 aromatic heterocycles. The number of hydrogen-bond donors (Lipinski definition) is 0. The van der Waals surface area contributed by atoms with Gasteiger partial charge in [-0.1, -0.05) is 35.9 Å². The highest BCUT2D eigenvalue weighted by Gasteiger charge is 2.00. The number of anilines is 1. The quantitative estimate of drug-likeness (QED) is 0.755. The Labute approximate surface area is 113 Å². The van der Waals surface area contributed by atoms with Crippen molar-refractivity contribution in [3.05, 3.63) is 59.1 Å². The van der Waals surface area contributed by atoms with Gasteiger partial charge >= 0.3 is 0 Å². The standard InChI is InChI=1S/C15H15ClN2/c1-18(2)15-6-4-3-5-14(15)17-11-12-7-9-13(16)10-8-12/h3-11H,1-2H3/b17-11+. The maximum atomic E-state index is 5.84. The first kappa shape index (κ1) is 12.7. The number of aliphatic imine (C=N–C) groups is 1. The summed E-state index contributed by atoms with van der Waals surface area (Å²) in [6.45, 7) is 0. The largest absolute Gasteiger partial charge is 0.376 e. The summed E-state index contributed by atoms with van der Waals surface area (Å²) in [5.41, 5.74) is 3.09. The lowest BCUT2D eigenvalue weighted by Crippen LogP contribution is -2.08. The Morgan fingerprint density at radius 2 is 1.67 bits per heavy atom. The predicted molar refractivity (Wildman–Crippen MR) is 79.5 cm³/mol. The Balaban J connectivity index is 2.26. The molecule has 0 fully saturated rings. The van der Waals surface area contributed by atoms with E-state index in [0.29, 0.717) is 0 Å². The van der Waals surface area contributed by atoms with Crippen LogP contribution >= 0.6 is 11.6 Å². The van der Waals surface area contributed by atoms with Crippen LogP contribution in [0, 0.1) is 0 Å². The predicted octanol–water partition coefficient (Wildman–Crippen LogP) is 4.16. The number of para-hydroxylation sites is 2. The van der Waals surface area contributed by atoms with Gasteiger partial charge in [0.25, 0.3) is 0 Å². The molecule has 2 aromatic rings. The topological polar surface area (TPSA) is 15.6 Å². The van der Waals surface area contributed by atoms with Crippen LogP contribution in [-0.4, -0.2) is 20.3 Å². The van der Waals surface area contributed by atoms with E-state index in [1.165, 1.54) is 0 Å². The zero-order chi connectivity index (χ0) is 13.0. The molecule has 0 spiro atoms. The molecule has 0 amide bonds. The lowest BCUT2D eigenvalue weighted by molar-refractivity contribution is 1.13. The minimum absolute atomic E-state index is 0.737. The zero-order valence-corrected chi connectivity index (χ0v) is 11.2. The van der Waals surface area contributed by atoms with Crippen molar-refractivity contribution in [2.75, 3.05) is 19.0 Å². The second kappa shape index (κ2) is 5.69. The minimum Gasteiger partial charge on any atom is -0.376 e. The van der Waals surface area contributed by atoms with Gasteiger partial charge in [0.05, 0.1) is 11.4 Å². The van der Waals surface area contributed by atoms with Gasteiger partial charge in [-0.25, -0.2) is 0 Å². The van der Waals surface area contributed by atoms with Crippen molar-refractivity contribution in [1.82, 2.24) is 0 Å². The molecular formula is C15H15ClN2. The minimum atomic E-state index is 0.737. The van der Waals surface area contributed by atoms with E-state index in [-0.39, 0.29) is 0 Å². The van der Waals surface area contributed by atoms with E-state index in [1.807, 2.05) is 62.8 Å². The average molecular weight is 259 g/mol. The summed E-state index contributed by atoms with van der Waals surface area (Å²) in [5, 5.41) is 0.737. The molecule has 0 atom stereocenters. The fourth-order valence-corrected chi connectivity index (χ4v) is 1.77. The maximum absolute atomic E-state index is 5.84. The van der Waals surface area contributed by atoms with E-state index in [9.17, 15) is 0 Å². The van der Waals surface area contributed by atoms with Crippen LogP contribution in [0.3, 0.4) is 0 Å². The van der Waals surface area contributed by atoms with Crippen LogP contribution in [0.1, 0.15) is 5.56 Å². The van der Waals surface area contributed by atoms with Crippen LogP contribution in [0.25, 0.3) is 0 Å². The summed E-state index contributed by atoms with van der Waals surface area (Å²) in [7, 11) is 4.02. The van der Waals surface area contributed by atoms with Gasteiger partial charge < -0.3 is 4.90 Å². The van der Waals surface area contributed by atoms with Gasteiger partial charge in [-0.2, -0.15) is 0 Å². The molecule has 0 aliphatic heterocycles. The Kier molecular flexibility index (Phi) is 4.00. The van der Waals surface area contributed by atoms with Crippen LogP contribution in [0.5, 0.6) is 0 Å². The molecule has 0 heterocycles. The molecule has 92 valence electrons. The lowest BCUT2D eigenvalue weighted by atomic mass is 10.2. The van der Waals surface area contributed by atoms with Crippen molar-refractivity contribution in [3.63, 3.8) is 0 Å². The van der Waals surface area contributed by atoms with Crippen molar-refractivity contribution in [3.8, 4) is 0 Å². The summed E-state index contributed by atoms with van der Waals surface area (Å²) >= 11 is 5.84. The number of nitrogens with zero attached hydrogens (tertiary/aromatic N) is 2. The molecular weight excluding hydrogens is 244 g/mol. The van der Waals surface area contributed by atoms with Crippen LogP contribution in [-0.2, 0) is 0 Å². The molecule has 0 saturated carbocycles. The summed E-state index contributed by atoms with van der Waals surface area (Å²) in [6, 6.07) is 15.7. The molecule has 0 aliphatic carbocycles. The van der Waals surface area contributed by atoms with Gasteiger partial charge in [0.2, 0.25) is 0 Å². The summed E-state index contributed by atoms with van der Waals surface area (Å²) in [6.07, 6.45) is 1.85. The third-order valence-electron chi connectivity index (χ3n) is 2.59. The number of rotatable bonds is 3. The zero-order valence-electron chi connectivity index (χ0n) is 10.5. The highest BCUT2D eigenvalue weighted by atomic mass is 35.5. The van der Waals surface area contributed by atoms with Gasteiger partial charge in [0.1, 0.15) is 0 Å². The van der Waals surface area contributed by atoms with Gasteiger partial charge in [0, 0.05) is 25.3 Å². The maximum Gasteiger partial charge on any atom is 0.0863 e. The molecule has 2 rings (SSSR count). The first-order chi connectivity index (χ1) is 8.66. The van der Waals surface area contributed by atoms with Gasteiger partial charge in [0.15, 0.2) is 0 Å². The van der Waals surface area contributed by atoms with E-state index < -0.39 is 0 Å². The number of benzene rings is 2. The number of halogens is 1. The van der Waals surface area contributed by atoms with Crippen LogP contribution < -0.4 is 4.90 Å². The van der Waals surface area contributed by atoms with Crippen LogP contribution in [0.4, 0.5) is 11.4 Å². The van der Waals surface area contributed by atoms with Crippen molar-refractivity contribution in [1.29, 1.82) is 0 Å². The second-order valence-corrected chi connectivity index (χ2v) is 4.63. The molecule has 0 aliphatic rings.